The van der Waals surface area contributed by atoms with Gasteiger partial charge in [-0.15, -0.1) is 0 Å². The van der Waals surface area contributed by atoms with Crippen LogP contribution in [0.2, 0.25) is 0 Å². The SMILES string of the molecule is COc1ccc(Br)cc1S(=O)(=O)NCc1cc(F)cc(C(F)(F)F)c1. The standard InChI is InChI=1S/C15H12BrF4NO3S/c1-24-13-3-2-11(16)7-14(13)25(22,23)21-8-9-4-10(15(18,19)20)6-12(17)5-9/h2-7,21H,8H2,1H3. The number of hydrogen-bond donors (Lipinski definition) is 1. The molecule has 0 spiro atoms. The van der Waals surface area contributed by atoms with Crippen LogP contribution in [0.15, 0.2) is 45.8 Å². The molecule has 0 saturated heterocycles. The summed E-state index contributed by atoms with van der Waals surface area (Å²) in [7, 11) is -2.81. The Morgan fingerprint density at radius 1 is 1.16 bits per heavy atom. The molecule has 0 bridgehead atoms. The molecule has 2 aromatic carbocycles. The summed E-state index contributed by atoms with van der Waals surface area (Å²) in [6.07, 6.45) is -4.73. The molecule has 0 unspecified atom stereocenters. The molecule has 0 atom stereocenters. The molecule has 0 aromatic heterocycles. The normalized spacial score (nSPS) is 12.2. The van der Waals surface area contributed by atoms with Gasteiger partial charge in [-0.2, -0.15) is 13.2 Å². The van der Waals surface area contributed by atoms with E-state index in [4.69, 9.17) is 4.74 Å². The molecule has 2 rings (SSSR count). The minimum absolute atomic E-state index is 0.0610. The maximum atomic E-state index is 13.4. The number of nitrogens with one attached hydrogen (secondary N) is 1. The number of ether oxygens (including phenoxy) is 1. The Morgan fingerprint density at radius 3 is 2.44 bits per heavy atom. The highest BCUT2D eigenvalue weighted by molar-refractivity contribution is 9.10. The third-order valence-corrected chi connectivity index (χ3v) is 5.08. The fourth-order valence-corrected chi connectivity index (χ4v) is 3.76. The topological polar surface area (TPSA) is 55.4 Å². The summed E-state index contributed by atoms with van der Waals surface area (Å²) in [6, 6.07) is 6.13. The number of alkyl halides is 3. The Labute approximate surface area is 150 Å². The van der Waals surface area contributed by atoms with Crippen molar-refractivity contribution in [1.82, 2.24) is 4.72 Å². The molecule has 0 aliphatic carbocycles. The van der Waals surface area contributed by atoms with Gasteiger partial charge in [-0.25, -0.2) is 17.5 Å². The quantitative estimate of drug-likeness (QED) is 0.710. The van der Waals surface area contributed by atoms with Crippen molar-refractivity contribution < 1.29 is 30.7 Å². The van der Waals surface area contributed by atoms with Crippen molar-refractivity contribution in [1.29, 1.82) is 0 Å². The number of methoxy groups -OCH3 is 1. The molecule has 0 heterocycles. The van der Waals surface area contributed by atoms with Crippen LogP contribution < -0.4 is 9.46 Å². The van der Waals surface area contributed by atoms with Gasteiger partial charge >= 0.3 is 6.18 Å². The smallest absolute Gasteiger partial charge is 0.416 e. The minimum atomic E-state index is -4.73. The largest absolute Gasteiger partial charge is 0.495 e. The molecule has 136 valence electrons. The van der Waals surface area contributed by atoms with E-state index in [0.29, 0.717) is 16.6 Å². The lowest BCUT2D eigenvalue weighted by molar-refractivity contribution is -0.137. The second kappa shape index (κ2) is 7.30. The second-order valence-corrected chi connectivity index (χ2v) is 7.62. The molecular formula is C15H12BrF4NO3S. The van der Waals surface area contributed by atoms with Crippen molar-refractivity contribution in [3.05, 3.63) is 57.8 Å². The third-order valence-electron chi connectivity index (χ3n) is 3.17. The van der Waals surface area contributed by atoms with Gasteiger partial charge in [-0.1, -0.05) is 15.9 Å². The Morgan fingerprint density at radius 2 is 1.84 bits per heavy atom. The summed E-state index contributed by atoms with van der Waals surface area (Å²) in [4.78, 5) is -0.197. The first-order valence-electron chi connectivity index (χ1n) is 6.73. The first-order chi connectivity index (χ1) is 11.5. The Kier molecular flexibility index (Phi) is 5.75. The first-order valence-corrected chi connectivity index (χ1v) is 9.00. The van der Waals surface area contributed by atoms with Crippen LogP contribution in [-0.4, -0.2) is 15.5 Å². The van der Waals surface area contributed by atoms with Gasteiger partial charge in [0.05, 0.1) is 12.7 Å². The van der Waals surface area contributed by atoms with Gasteiger partial charge in [-0.05, 0) is 42.0 Å². The third kappa shape index (κ3) is 4.93. The molecule has 4 nitrogen and oxygen atoms in total. The molecule has 0 amide bonds. The van der Waals surface area contributed by atoms with Crippen molar-refractivity contribution in [2.45, 2.75) is 17.6 Å². The molecule has 10 heteroatoms. The van der Waals surface area contributed by atoms with E-state index in [9.17, 15) is 26.0 Å². The predicted octanol–water partition coefficient (Wildman–Crippen LogP) is 4.09. The summed E-state index contributed by atoms with van der Waals surface area (Å²) >= 11 is 3.13. The molecule has 0 saturated carbocycles. The van der Waals surface area contributed by atoms with Crippen LogP contribution in [0.25, 0.3) is 0 Å². The molecule has 25 heavy (non-hydrogen) atoms. The summed E-state index contributed by atoms with van der Waals surface area (Å²) in [5, 5.41) is 0. The van der Waals surface area contributed by atoms with Crippen molar-refractivity contribution >= 4 is 26.0 Å². The Balaban J connectivity index is 2.29. The number of hydrogen-bond acceptors (Lipinski definition) is 3. The number of sulfonamides is 1. The van der Waals surface area contributed by atoms with E-state index >= 15 is 0 Å². The molecular weight excluding hydrogens is 430 g/mol. The Hall–Kier alpha value is -1.65. The maximum absolute atomic E-state index is 13.4. The average molecular weight is 442 g/mol. The van der Waals surface area contributed by atoms with Crippen molar-refractivity contribution in [3.63, 3.8) is 0 Å². The highest BCUT2D eigenvalue weighted by Gasteiger charge is 2.31. The molecule has 1 N–H and O–H groups in total. The zero-order valence-corrected chi connectivity index (χ0v) is 15.1. The summed E-state index contributed by atoms with van der Waals surface area (Å²) in [6.45, 7) is -0.515. The van der Waals surface area contributed by atoms with Crippen LogP contribution in [-0.2, 0) is 22.7 Å². The second-order valence-electron chi connectivity index (χ2n) is 4.97. The number of halogens is 5. The van der Waals surface area contributed by atoms with Crippen LogP contribution in [0.1, 0.15) is 11.1 Å². The van der Waals surface area contributed by atoms with E-state index in [1.54, 1.807) is 6.07 Å². The summed E-state index contributed by atoms with van der Waals surface area (Å²) in [5.74, 6) is -1.05. The zero-order valence-electron chi connectivity index (χ0n) is 12.7. The van der Waals surface area contributed by atoms with Crippen molar-refractivity contribution in [2.75, 3.05) is 7.11 Å². The summed E-state index contributed by atoms with van der Waals surface area (Å²) in [5.41, 5.74) is -1.36. The number of rotatable bonds is 5. The van der Waals surface area contributed by atoms with Gasteiger partial charge in [0.15, 0.2) is 0 Å². The lowest BCUT2D eigenvalue weighted by Crippen LogP contribution is -2.24. The number of benzene rings is 2. The van der Waals surface area contributed by atoms with Crippen LogP contribution in [0.4, 0.5) is 17.6 Å². The van der Waals surface area contributed by atoms with Crippen LogP contribution >= 0.6 is 15.9 Å². The van der Waals surface area contributed by atoms with Gasteiger partial charge in [0.2, 0.25) is 10.0 Å². The predicted molar refractivity (Wildman–Crippen MR) is 86.1 cm³/mol. The molecule has 0 radical (unpaired) electrons. The van der Waals surface area contributed by atoms with Crippen molar-refractivity contribution in [3.8, 4) is 5.75 Å². The molecule has 2 aromatic rings. The average Bonchev–Trinajstić information content (AvgIpc) is 2.52. The summed E-state index contributed by atoms with van der Waals surface area (Å²) < 4.78 is 83.8. The van der Waals surface area contributed by atoms with E-state index in [1.807, 2.05) is 0 Å². The van der Waals surface area contributed by atoms with Crippen LogP contribution in [0, 0.1) is 5.82 Å². The van der Waals surface area contributed by atoms with Crippen LogP contribution in [0.3, 0.4) is 0 Å². The van der Waals surface area contributed by atoms with E-state index in [1.165, 1.54) is 19.2 Å². The van der Waals surface area contributed by atoms with Gasteiger partial charge in [0.25, 0.3) is 0 Å². The van der Waals surface area contributed by atoms with Crippen molar-refractivity contribution in [2.24, 2.45) is 0 Å². The lowest BCUT2D eigenvalue weighted by Gasteiger charge is -2.12. The Bertz CT molecular complexity index is 885. The van der Waals surface area contributed by atoms with Crippen LogP contribution in [0.5, 0.6) is 5.75 Å². The fourth-order valence-electron chi connectivity index (χ4n) is 2.03. The molecule has 0 aliphatic rings. The van der Waals surface area contributed by atoms with E-state index in [2.05, 4.69) is 20.7 Å². The monoisotopic (exact) mass is 441 g/mol. The highest BCUT2D eigenvalue weighted by atomic mass is 79.9. The molecule has 0 aliphatic heterocycles. The first kappa shape index (κ1) is 19.7. The van der Waals surface area contributed by atoms with Gasteiger partial charge in [-0.3, -0.25) is 0 Å². The fraction of sp³-hybridized carbons (Fsp3) is 0.200. The van der Waals surface area contributed by atoms with E-state index < -0.39 is 34.1 Å². The lowest BCUT2D eigenvalue weighted by atomic mass is 10.1. The zero-order chi connectivity index (χ0) is 18.8. The van der Waals surface area contributed by atoms with Gasteiger partial charge in [0, 0.05) is 11.0 Å². The van der Waals surface area contributed by atoms with E-state index in [0.717, 1.165) is 6.07 Å². The highest BCUT2D eigenvalue weighted by Crippen LogP contribution is 2.31. The molecule has 0 fully saturated rings. The van der Waals surface area contributed by atoms with E-state index in [-0.39, 0.29) is 16.2 Å². The maximum Gasteiger partial charge on any atom is 0.416 e. The minimum Gasteiger partial charge on any atom is -0.495 e. The van der Waals surface area contributed by atoms with Gasteiger partial charge in [0.1, 0.15) is 16.5 Å². The van der Waals surface area contributed by atoms with Gasteiger partial charge < -0.3 is 4.74 Å².